The molecule has 0 aliphatic heterocycles. The molecule has 0 aromatic heterocycles. The maximum Gasteiger partial charge on any atom is 0.326 e. The number of nitrogens with one attached hydrogen (secondary N) is 1. The van der Waals surface area contributed by atoms with Crippen molar-refractivity contribution < 1.29 is 24.2 Å². The molecule has 0 heterocycles. The topological polar surface area (TPSA) is 95.9 Å². The van der Waals surface area contributed by atoms with E-state index in [1.165, 1.54) is 4.90 Å². The lowest BCUT2D eigenvalue weighted by molar-refractivity contribution is -0.143. The highest BCUT2D eigenvalue weighted by molar-refractivity contribution is 5.85. The van der Waals surface area contributed by atoms with Gasteiger partial charge in [-0.05, 0) is 26.2 Å². The van der Waals surface area contributed by atoms with Crippen LogP contribution in [-0.2, 0) is 14.3 Å². The van der Waals surface area contributed by atoms with Crippen LogP contribution >= 0.6 is 0 Å². The molecule has 20 heavy (non-hydrogen) atoms. The van der Waals surface area contributed by atoms with Gasteiger partial charge in [-0.15, -0.1) is 0 Å². The van der Waals surface area contributed by atoms with Crippen LogP contribution in [0.5, 0.6) is 0 Å². The monoisotopic (exact) mass is 286 g/mol. The highest BCUT2D eigenvalue weighted by Crippen LogP contribution is 2.26. The van der Waals surface area contributed by atoms with E-state index in [0.717, 1.165) is 12.8 Å². The van der Waals surface area contributed by atoms with Gasteiger partial charge in [0.2, 0.25) is 0 Å². The molecular formula is C13H22N2O5. The second-order valence-electron chi connectivity index (χ2n) is 4.79. The zero-order valence-corrected chi connectivity index (χ0v) is 11.9. The molecule has 0 unspecified atom stereocenters. The van der Waals surface area contributed by atoms with Crippen molar-refractivity contribution >= 4 is 18.0 Å². The van der Waals surface area contributed by atoms with E-state index in [1.54, 1.807) is 6.92 Å². The van der Waals surface area contributed by atoms with Crippen LogP contribution in [0.2, 0.25) is 0 Å². The molecule has 1 aliphatic rings. The molecule has 7 heteroatoms. The minimum absolute atomic E-state index is 0.00970. The number of carboxylic acids is 1. The van der Waals surface area contributed by atoms with Crippen molar-refractivity contribution in [3.8, 4) is 0 Å². The molecule has 114 valence electrons. The van der Waals surface area contributed by atoms with Gasteiger partial charge in [0.25, 0.3) is 0 Å². The number of urea groups is 1. The first-order valence-electron chi connectivity index (χ1n) is 6.95. The van der Waals surface area contributed by atoms with Crippen molar-refractivity contribution in [1.82, 2.24) is 10.2 Å². The van der Waals surface area contributed by atoms with Gasteiger partial charge in [-0.25, -0.2) is 9.59 Å². The second kappa shape index (κ2) is 7.72. The average Bonchev–Trinajstić information content (AvgIpc) is 3.19. The molecule has 0 aromatic rings. The Hall–Kier alpha value is -1.79. The summed E-state index contributed by atoms with van der Waals surface area (Å²) in [6.45, 7) is 3.66. The van der Waals surface area contributed by atoms with Crippen molar-refractivity contribution in [2.75, 3.05) is 13.2 Å². The lowest BCUT2D eigenvalue weighted by Crippen LogP contribution is -2.50. The lowest BCUT2D eigenvalue weighted by atomic mass is 10.2. The SMILES string of the molecule is CCC[C@@H](NC(=O)N(CC(=O)OCC)C1CC1)C(=O)O. The quantitative estimate of drug-likeness (QED) is 0.648. The maximum absolute atomic E-state index is 12.1. The number of rotatable bonds is 8. The largest absolute Gasteiger partial charge is 0.480 e. The molecule has 2 amide bonds. The van der Waals surface area contributed by atoms with E-state index in [2.05, 4.69) is 5.32 Å². The summed E-state index contributed by atoms with van der Waals surface area (Å²) in [5, 5.41) is 11.5. The third kappa shape index (κ3) is 5.07. The fraction of sp³-hybridized carbons (Fsp3) is 0.769. The summed E-state index contributed by atoms with van der Waals surface area (Å²) in [5.74, 6) is -1.54. The highest BCUT2D eigenvalue weighted by Gasteiger charge is 2.35. The number of carbonyl (C=O) groups excluding carboxylic acids is 2. The number of nitrogens with zero attached hydrogens (tertiary/aromatic N) is 1. The molecule has 0 radical (unpaired) electrons. The molecule has 1 atom stereocenters. The summed E-state index contributed by atoms with van der Waals surface area (Å²) in [7, 11) is 0. The van der Waals surface area contributed by atoms with E-state index in [4.69, 9.17) is 9.84 Å². The van der Waals surface area contributed by atoms with Crippen LogP contribution in [0, 0.1) is 0 Å². The molecule has 1 rings (SSSR count). The third-order valence-corrected chi connectivity index (χ3v) is 3.03. The molecule has 0 bridgehead atoms. The van der Waals surface area contributed by atoms with Gasteiger partial charge in [0.05, 0.1) is 6.61 Å². The van der Waals surface area contributed by atoms with Crippen molar-refractivity contribution in [2.24, 2.45) is 0 Å². The number of hydrogen-bond acceptors (Lipinski definition) is 4. The highest BCUT2D eigenvalue weighted by atomic mass is 16.5. The molecule has 7 nitrogen and oxygen atoms in total. The molecule has 2 N–H and O–H groups in total. The van der Waals surface area contributed by atoms with Gasteiger partial charge >= 0.3 is 18.0 Å². The predicted octanol–water partition coefficient (Wildman–Crippen LogP) is 0.977. The molecule has 1 fully saturated rings. The number of aliphatic carboxylic acids is 1. The second-order valence-corrected chi connectivity index (χ2v) is 4.79. The predicted molar refractivity (Wildman–Crippen MR) is 71.2 cm³/mol. The molecule has 1 aliphatic carbocycles. The number of carbonyl (C=O) groups is 3. The Labute approximate surface area is 118 Å². The van der Waals surface area contributed by atoms with Crippen LogP contribution in [0.1, 0.15) is 39.5 Å². The standard InChI is InChI=1S/C13H22N2O5/c1-3-5-10(12(17)18)14-13(19)15(9-6-7-9)8-11(16)20-4-2/h9-10H,3-8H2,1-2H3,(H,14,19)(H,17,18)/t10-/m1/s1. The van der Waals surface area contributed by atoms with E-state index in [0.29, 0.717) is 12.8 Å². The molecular weight excluding hydrogens is 264 g/mol. The van der Waals surface area contributed by atoms with Crippen molar-refractivity contribution in [1.29, 1.82) is 0 Å². The Balaban J connectivity index is 2.59. The first kappa shape index (κ1) is 16.3. The maximum atomic E-state index is 12.1. The Morgan fingerprint density at radius 3 is 2.45 bits per heavy atom. The van der Waals surface area contributed by atoms with Gasteiger partial charge in [-0.3, -0.25) is 4.79 Å². The number of hydrogen-bond donors (Lipinski definition) is 2. The average molecular weight is 286 g/mol. The van der Waals surface area contributed by atoms with E-state index in [-0.39, 0.29) is 19.2 Å². The first-order chi connectivity index (χ1) is 9.49. The Kier molecular flexibility index (Phi) is 6.27. The summed E-state index contributed by atoms with van der Waals surface area (Å²) in [6, 6.07) is -1.42. The van der Waals surface area contributed by atoms with Crippen molar-refractivity contribution in [3.05, 3.63) is 0 Å². The fourth-order valence-electron chi connectivity index (χ4n) is 1.88. The third-order valence-electron chi connectivity index (χ3n) is 3.03. The van der Waals surface area contributed by atoms with E-state index >= 15 is 0 Å². The van der Waals surface area contributed by atoms with E-state index in [1.807, 2.05) is 6.92 Å². The fourth-order valence-corrected chi connectivity index (χ4v) is 1.88. The smallest absolute Gasteiger partial charge is 0.326 e. The molecule has 1 saturated carbocycles. The summed E-state index contributed by atoms with van der Waals surface area (Å²) in [4.78, 5) is 36.0. The summed E-state index contributed by atoms with van der Waals surface area (Å²) < 4.78 is 4.82. The van der Waals surface area contributed by atoms with Crippen LogP contribution < -0.4 is 5.32 Å². The van der Waals surface area contributed by atoms with Crippen LogP contribution in [0.15, 0.2) is 0 Å². The molecule has 0 aromatic carbocycles. The van der Waals surface area contributed by atoms with Crippen LogP contribution in [0.3, 0.4) is 0 Å². The number of amides is 2. The Bertz CT molecular complexity index is 368. The van der Waals surface area contributed by atoms with Crippen molar-refractivity contribution in [3.63, 3.8) is 0 Å². The van der Waals surface area contributed by atoms with Gasteiger partial charge in [0.15, 0.2) is 0 Å². The van der Waals surface area contributed by atoms with Gasteiger partial charge in [0.1, 0.15) is 12.6 Å². The summed E-state index contributed by atoms with van der Waals surface area (Å²) in [6.07, 6.45) is 2.67. The van der Waals surface area contributed by atoms with Gasteiger partial charge in [-0.2, -0.15) is 0 Å². The minimum atomic E-state index is -1.06. The molecule has 0 spiro atoms. The number of ether oxygens (including phenoxy) is 1. The van der Waals surface area contributed by atoms with E-state index < -0.39 is 24.0 Å². The van der Waals surface area contributed by atoms with Gasteiger partial charge < -0.3 is 20.1 Å². The Morgan fingerprint density at radius 1 is 1.35 bits per heavy atom. The zero-order valence-electron chi connectivity index (χ0n) is 11.9. The van der Waals surface area contributed by atoms with Crippen LogP contribution in [0.25, 0.3) is 0 Å². The van der Waals surface area contributed by atoms with Gasteiger partial charge in [-0.1, -0.05) is 13.3 Å². The zero-order chi connectivity index (χ0) is 15.1. The van der Waals surface area contributed by atoms with Crippen molar-refractivity contribution in [2.45, 2.75) is 51.6 Å². The van der Waals surface area contributed by atoms with Crippen LogP contribution in [0.4, 0.5) is 4.79 Å². The molecule has 0 saturated heterocycles. The minimum Gasteiger partial charge on any atom is -0.480 e. The van der Waals surface area contributed by atoms with E-state index in [9.17, 15) is 14.4 Å². The lowest BCUT2D eigenvalue weighted by Gasteiger charge is -2.24. The summed E-state index contributed by atoms with van der Waals surface area (Å²) >= 11 is 0. The first-order valence-corrected chi connectivity index (χ1v) is 6.95. The normalized spacial score (nSPS) is 15.3. The summed E-state index contributed by atoms with van der Waals surface area (Å²) in [5.41, 5.74) is 0. The van der Waals surface area contributed by atoms with Crippen LogP contribution in [-0.4, -0.2) is 53.2 Å². The number of esters is 1. The number of carboxylic acid groups (broad SMARTS) is 1. The Morgan fingerprint density at radius 2 is 2.00 bits per heavy atom. The van der Waals surface area contributed by atoms with Gasteiger partial charge in [0, 0.05) is 6.04 Å².